The predicted octanol–water partition coefficient (Wildman–Crippen LogP) is 2.81. The number of benzene rings is 1. The van der Waals surface area contributed by atoms with Crippen molar-refractivity contribution in [3.05, 3.63) is 60.7 Å². The molecule has 2 N–H and O–H groups in total. The van der Waals surface area contributed by atoms with E-state index in [2.05, 4.69) is 20.7 Å². The van der Waals surface area contributed by atoms with Crippen molar-refractivity contribution in [3.8, 4) is 16.9 Å². The standard InChI is InChI=1S/C18H19N5O2/c1-23-12-15(11-21-23)14-6-13(8-19-10-14)9-20-18(24)22-16-4-3-5-17(7-16)25-2/h3-8,10-12H,9H2,1-2H3,(H2,20,22,24). The van der Waals surface area contributed by atoms with Crippen LogP contribution in [0.15, 0.2) is 55.1 Å². The number of rotatable bonds is 5. The molecule has 0 radical (unpaired) electrons. The van der Waals surface area contributed by atoms with Gasteiger partial charge in [-0.25, -0.2) is 4.79 Å². The molecule has 0 unspecified atom stereocenters. The van der Waals surface area contributed by atoms with Crippen LogP contribution in [-0.4, -0.2) is 27.9 Å². The highest BCUT2D eigenvalue weighted by Gasteiger charge is 2.05. The number of ether oxygens (including phenoxy) is 1. The summed E-state index contributed by atoms with van der Waals surface area (Å²) in [6.07, 6.45) is 7.20. The van der Waals surface area contributed by atoms with Crippen molar-refractivity contribution in [2.75, 3.05) is 12.4 Å². The van der Waals surface area contributed by atoms with Crippen LogP contribution in [-0.2, 0) is 13.6 Å². The fraction of sp³-hybridized carbons (Fsp3) is 0.167. The van der Waals surface area contributed by atoms with Gasteiger partial charge in [0.2, 0.25) is 0 Å². The van der Waals surface area contributed by atoms with Crippen LogP contribution in [0.3, 0.4) is 0 Å². The fourth-order valence-corrected chi connectivity index (χ4v) is 2.37. The molecule has 2 amide bonds. The van der Waals surface area contributed by atoms with Gasteiger partial charge in [0, 0.05) is 55.1 Å². The fourth-order valence-electron chi connectivity index (χ4n) is 2.37. The summed E-state index contributed by atoms with van der Waals surface area (Å²) >= 11 is 0. The van der Waals surface area contributed by atoms with Gasteiger partial charge in [0.05, 0.1) is 13.3 Å². The number of aryl methyl sites for hydroxylation is 1. The zero-order valence-corrected chi connectivity index (χ0v) is 14.1. The Bertz CT molecular complexity index is 875. The number of hydrogen-bond donors (Lipinski definition) is 2. The van der Waals surface area contributed by atoms with Gasteiger partial charge in [0.15, 0.2) is 0 Å². The van der Waals surface area contributed by atoms with Gasteiger partial charge in [-0.1, -0.05) is 6.07 Å². The summed E-state index contributed by atoms with van der Waals surface area (Å²) in [4.78, 5) is 16.3. The number of pyridine rings is 1. The van der Waals surface area contributed by atoms with E-state index in [-0.39, 0.29) is 6.03 Å². The topological polar surface area (TPSA) is 81.1 Å². The van der Waals surface area contributed by atoms with Gasteiger partial charge in [0.1, 0.15) is 5.75 Å². The third-order valence-corrected chi connectivity index (χ3v) is 3.61. The first-order valence-electron chi connectivity index (χ1n) is 7.76. The molecule has 7 nitrogen and oxygen atoms in total. The third kappa shape index (κ3) is 4.35. The molecule has 2 aromatic heterocycles. The zero-order chi connectivity index (χ0) is 17.6. The van der Waals surface area contributed by atoms with Crippen molar-refractivity contribution < 1.29 is 9.53 Å². The molecule has 0 saturated heterocycles. The van der Waals surface area contributed by atoms with Crippen LogP contribution in [0.4, 0.5) is 10.5 Å². The Morgan fingerprint density at radius 1 is 1.20 bits per heavy atom. The van der Waals surface area contributed by atoms with Gasteiger partial charge in [0.25, 0.3) is 0 Å². The molecule has 0 aliphatic heterocycles. The second-order valence-electron chi connectivity index (χ2n) is 5.52. The molecular formula is C18H19N5O2. The third-order valence-electron chi connectivity index (χ3n) is 3.61. The summed E-state index contributed by atoms with van der Waals surface area (Å²) in [6, 6.07) is 8.88. The van der Waals surface area contributed by atoms with Gasteiger partial charge >= 0.3 is 6.03 Å². The smallest absolute Gasteiger partial charge is 0.319 e. The maximum absolute atomic E-state index is 12.0. The number of carbonyl (C=O) groups excluding carboxylic acids is 1. The largest absolute Gasteiger partial charge is 0.497 e. The van der Waals surface area contributed by atoms with Crippen molar-refractivity contribution in [1.82, 2.24) is 20.1 Å². The summed E-state index contributed by atoms with van der Waals surface area (Å²) in [6.45, 7) is 0.372. The number of nitrogens with one attached hydrogen (secondary N) is 2. The van der Waals surface area contributed by atoms with Crippen molar-refractivity contribution in [3.63, 3.8) is 0 Å². The van der Waals surface area contributed by atoms with E-state index in [1.807, 2.05) is 31.4 Å². The monoisotopic (exact) mass is 337 g/mol. The summed E-state index contributed by atoms with van der Waals surface area (Å²) in [5.41, 5.74) is 3.51. The van der Waals surface area contributed by atoms with Gasteiger partial charge in [-0.05, 0) is 23.8 Å². The average molecular weight is 337 g/mol. The molecule has 1 aromatic carbocycles. The van der Waals surface area contributed by atoms with Crippen molar-refractivity contribution in [1.29, 1.82) is 0 Å². The Balaban J connectivity index is 1.60. The molecule has 2 heterocycles. The maximum Gasteiger partial charge on any atom is 0.319 e. The summed E-state index contributed by atoms with van der Waals surface area (Å²) in [7, 11) is 3.45. The van der Waals surface area contributed by atoms with Gasteiger partial charge in [-0.2, -0.15) is 5.10 Å². The van der Waals surface area contributed by atoms with E-state index in [9.17, 15) is 4.79 Å². The number of amides is 2. The Hall–Kier alpha value is -3.35. The molecule has 0 saturated carbocycles. The summed E-state index contributed by atoms with van der Waals surface area (Å²) in [5, 5.41) is 9.75. The quantitative estimate of drug-likeness (QED) is 0.750. The van der Waals surface area contributed by atoms with E-state index in [0.29, 0.717) is 18.0 Å². The molecule has 0 spiro atoms. The highest BCUT2D eigenvalue weighted by atomic mass is 16.5. The molecule has 3 aromatic rings. The Kier molecular flexibility index (Phi) is 4.94. The first kappa shape index (κ1) is 16.5. The minimum atomic E-state index is -0.292. The lowest BCUT2D eigenvalue weighted by Gasteiger charge is -2.09. The SMILES string of the molecule is COc1cccc(NC(=O)NCc2cncc(-c3cnn(C)c3)c2)c1. The lowest BCUT2D eigenvalue weighted by atomic mass is 10.1. The molecule has 0 atom stereocenters. The molecule has 0 bridgehead atoms. The Morgan fingerprint density at radius 3 is 2.84 bits per heavy atom. The number of methoxy groups -OCH3 is 1. The van der Waals surface area contributed by atoms with E-state index in [4.69, 9.17) is 4.74 Å². The normalized spacial score (nSPS) is 10.3. The molecule has 3 rings (SSSR count). The number of urea groups is 1. The van der Waals surface area contributed by atoms with Crippen LogP contribution in [0, 0.1) is 0 Å². The lowest BCUT2D eigenvalue weighted by Crippen LogP contribution is -2.28. The number of hydrogen-bond acceptors (Lipinski definition) is 4. The number of aromatic nitrogens is 3. The number of anilines is 1. The van der Waals surface area contributed by atoms with E-state index in [1.54, 1.807) is 42.5 Å². The molecule has 7 heteroatoms. The van der Waals surface area contributed by atoms with Crippen LogP contribution in [0.1, 0.15) is 5.56 Å². The molecule has 0 aliphatic rings. The first-order valence-corrected chi connectivity index (χ1v) is 7.76. The van der Waals surface area contributed by atoms with Crippen LogP contribution in [0.25, 0.3) is 11.1 Å². The number of carbonyl (C=O) groups is 1. The second kappa shape index (κ2) is 7.48. The minimum Gasteiger partial charge on any atom is -0.497 e. The van der Waals surface area contributed by atoms with E-state index < -0.39 is 0 Å². The molecule has 0 aliphatic carbocycles. The molecule has 25 heavy (non-hydrogen) atoms. The van der Waals surface area contributed by atoms with E-state index in [0.717, 1.165) is 16.7 Å². The number of nitrogens with zero attached hydrogens (tertiary/aromatic N) is 3. The first-order chi connectivity index (χ1) is 12.1. The average Bonchev–Trinajstić information content (AvgIpc) is 3.07. The van der Waals surface area contributed by atoms with Crippen LogP contribution >= 0.6 is 0 Å². The molecule has 0 fully saturated rings. The van der Waals surface area contributed by atoms with Gasteiger partial charge in [-0.15, -0.1) is 0 Å². The van der Waals surface area contributed by atoms with Crippen molar-refractivity contribution >= 4 is 11.7 Å². The zero-order valence-electron chi connectivity index (χ0n) is 14.1. The van der Waals surface area contributed by atoms with Gasteiger partial charge in [-0.3, -0.25) is 9.67 Å². The van der Waals surface area contributed by atoms with E-state index in [1.165, 1.54) is 0 Å². The second-order valence-corrected chi connectivity index (χ2v) is 5.52. The van der Waals surface area contributed by atoms with Crippen molar-refractivity contribution in [2.24, 2.45) is 7.05 Å². The maximum atomic E-state index is 12.0. The van der Waals surface area contributed by atoms with Crippen molar-refractivity contribution in [2.45, 2.75) is 6.54 Å². The summed E-state index contributed by atoms with van der Waals surface area (Å²) in [5.74, 6) is 0.686. The highest BCUT2D eigenvalue weighted by molar-refractivity contribution is 5.89. The van der Waals surface area contributed by atoms with Crippen LogP contribution < -0.4 is 15.4 Å². The van der Waals surface area contributed by atoms with Crippen LogP contribution in [0.5, 0.6) is 5.75 Å². The lowest BCUT2D eigenvalue weighted by molar-refractivity contribution is 0.251. The van der Waals surface area contributed by atoms with Gasteiger partial charge < -0.3 is 15.4 Å². The Morgan fingerprint density at radius 2 is 2.08 bits per heavy atom. The van der Waals surface area contributed by atoms with Crippen LogP contribution in [0.2, 0.25) is 0 Å². The summed E-state index contributed by atoms with van der Waals surface area (Å²) < 4.78 is 6.87. The molecule has 128 valence electrons. The molecular weight excluding hydrogens is 318 g/mol. The predicted molar refractivity (Wildman–Crippen MR) is 95.3 cm³/mol. The highest BCUT2D eigenvalue weighted by Crippen LogP contribution is 2.18. The van der Waals surface area contributed by atoms with E-state index >= 15 is 0 Å². The Labute approximate surface area is 145 Å². The minimum absolute atomic E-state index is 0.292.